The van der Waals surface area contributed by atoms with Crippen molar-refractivity contribution in [1.29, 1.82) is 0 Å². The van der Waals surface area contributed by atoms with Crippen molar-refractivity contribution in [2.24, 2.45) is 5.41 Å². The van der Waals surface area contributed by atoms with Crippen LogP contribution in [0.4, 0.5) is 10.6 Å². The molecule has 3 rings (SSSR count). The van der Waals surface area contributed by atoms with E-state index in [2.05, 4.69) is 22.5 Å². The maximum atomic E-state index is 12.5. The van der Waals surface area contributed by atoms with Gasteiger partial charge in [0.2, 0.25) is 10.0 Å². The molecule has 2 amide bonds. The fourth-order valence-electron chi connectivity index (χ4n) is 3.19. The van der Waals surface area contributed by atoms with Crippen LogP contribution in [0.25, 0.3) is 0 Å². The normalized spacial score (nSPS) is 19.7. The van der Waals surface area contributed by atoms with Crippen molar-refractivity contribution in [1.82, 2.24) is 14.6 Å². The van der Waals surface area contributed by atoms with Crippen molar-refractivity contribution < 1.29 is 17.9 Å². The van der Waals surface area contributed by atoms with Crippen LogP contribution in [-0.2, 0) is 14.8 Å². The van der Waals surface area contributed by atoms with Crippen LogP contribution in [0.2, 0.25) is 0 Å². The second-order valence-corrected chi connectivity index (χ2v) is 8.89. The summed E-state index contributed by atoms with van der Waals surface area (Å²) in [5, 5.41) is 5.54. The van der Waals surface area contributed by atoms with Gasteiger partial charge in [-0.2, -0.15) is 4.31 Å². The molecule has 2 fully saturated rings. The molecule has 2 N–H and O–H groups in total. The summed E-state index contributed by atoms with van der Waals surface area (Å²) in [6.07, 6.45) is 5.84. The van der Waals surface area contributed by atoms with Gasteiger partial charge in [-0.1, -0.05) is 13.3 Å². The zero-order valence-corrected chi connectivity index (χ0v) is 15.8. The third kappa shape index (κ3) is 4.52. The average Bonchev–Trinajstić information content (AvgIpc) is 3.41. The molecule has 0 spiro atoms. The third-order valence-corrected chi connectivity index (χ3v) is 6.83. The fraction of sp³-hybridized carbons (Fsp3) is 0.647. The van der Waals surface area contributed by atoms with Crippen LogP contribution in [0.5, 0.6) is 0 Å². The van der Waals surface area contributed by atoms with E-state index in [-0.39, 0.29) is 16.3 Å². The van der Waals surface area contributed by atoms with Crippen LogP contribution in [-0.4, -0.2) is 56.6 Å². The Balaban J connectivity index is 1.55. The SMILES string of the molecule is CCCC1(CNC(=O)Nc2ccc(S(=O)(=O)N3CCOCC3)cn2)CC1. The summed E-state index contributed by atoms with van der Waals surface area (Å²) in [5.74, 6) is 0.323. The van der Waals surface area contributed by atoms with E-state index in [1.807, 2.05) is 0 Å². The predicted molar refractivity (Wildman–Crippen MR) is 97.4 cm³/mol. The van der Waals surface area contributed by atoms with Crippen molar-refractivity contribution in [2.45, 2.75) is 37.5 Å². The van der Waals surface area contributed by atoms with Gasteiger partial charge in [-0.3, -0.25) is 5.32 Å². The molecule has 1 saturated carbocycles. The Hall–Kier alpha value is -1.71. The third-order valence-electron chi connectivity index (χ3n) is 4.95. The quantitative estimate of drug-likeness (QED) is 0.749. The number of urea groups is 1. The molecule has 2 aliphatic rings. The summed E-state index contributed by atoms with van der Waals surface area (Å²) in [4.78, 5) is 16.2. The Morgan fingerprint density at radius 3 is 2.62 bits per heavy atom. The zero-order valence-electron chi connectivity index (χ0n) is 15.0. The second kappa shape index (κ2) is 7.89. The Kier molecular flexibility index (Phi) is 5.79. The topological polar surface area (TPSA) is 101 Å². The number of pyridine rings is 1. The standard InChI is InChI=1S/C17H26N4O4S/c1-2-5-17(6-7-17)13-19-16(22)20-15-4-3-14(12-18-15)26(23,24)21-8-10-25-11-9-21/h3-4,12H,2,5-11,13H2,1H3,(H2,18,19,20,22). The molecule has 1 aromatic heterocycles. The molecule has 144 valence electrons. The van der Waals surface area contributed by atoms with Crippen LogP contribution in [0.15, 0.2) is 23.2 Å². The van der Waals surface area contributed by atoms with E-state index in [0.29, 0.717) is 38.7 Å². The number of hydrogen-bond acceptors (Lipinski definition) is 5. The number of nitrogens with one attached hydrogen (secondary N) is 2. The van der Waals surface area contributed by atoms with Gasteiger partial charge in [0.05, 0.1) is 13.2 Å². The minimum atomic E-state index is -3.57. The van der Waals surface area contributed by atoms with Gasteiger partial charge in [-0.25, -0.2) is 18.2 Å². The van der Waals surface area contributed by atoms with Crippen LogP contribution < -0.4 is 10.6 Å². The summed E-state index contributed by atoms with van der Waals surface area (Å²) in [5.41, 5.74) is 0.273. The van der Waals surface area contributed by atoms with E-state index >= 15 is 0 Å². The lowest BCUT2D eigenvalue weighted by atomic mass is 10.0. The highest BCUT2D eigenvalue weighted by Gasteiger charge is 2.41. The smallest absolute Gasteiger partial charge is 0.320 e. The molecule has 0 bridgehead atoms. The Labute approximate surface area is 154 Å². The van der Waals surface area contributed by atoms with Gasteiger partial charge >= 0.3 is 6.03 Å². The van der Waals surface area contributed by atoms with Gasteiger partial charge in [0.15, 0.2) is 0 Å². The number of nitrogens with zero attached hydrogens (tertiary/aromatic N) is 2. The number of amides is 2. The minimum absolute atomic E-state index is 0.116. The van der Waals surface area contributed by atoms with E-state index < -0.39 is 10.0 Å². The first-order valence-corrected chi connectivity index (χ1v) is 10.5. The lowest BCUT2D eigenvalue weighted by Gasteiger charge is -2.25. The lowest BCUT2D eigenvalue weighted by molar-refractivity contribution is 0.0730. The first-order valence-electron chi connectivity index (χ1n) is 9.04. The van der Waals surface area contributed by atoms with Gasteiger partial charge in [0.25, 0.3) is 0 Å². The summed E-state index contributed by atoms with van der Waals surface area (Å²) in [6.45, 7) is 4.28. The number of anilines is 1. The predicted octanol–water partition coefficient (Wildman–Crippen LogP) is 1.80. The van der Waals surface area contributed by atoms with Crippen LogP contribution in [0.3, 0.4) is 0 Å². The van der Waals surface area contributed by atoms with Gasteiger partial charge in [0.1, 0.15) is 10.7 Å². The monoisotopic (exact) mass is 382 g/mol. The van der Waals surface area contributed by atoms with Crippen molar-refractivity contribution in [2.75, 3.05) is 38.2 Å². The van der Waals surface area contributed by atoms with Crippen molar-refractivity contribution in [3.8, 4) is 0 Å². The number of ether oxygens (including phenoxy) is 1. The number of sulfonamides is 1. The minimum Gasteiger partial charge on any atom is -0.379 e. The molecule has 1 aliphatic heterocycles. The number of morpholine rings is 1. The molecule has 0 unspecified atom stereocenters. The Bertz CT molecular complexity index is 726. The highest BCUT2D eigenvalue weighted by atomic mass is 32.2. The summed E-state index contributed by atoms with van der Waals surface area (Å²) >= 11 is 0. The van der Waals surface area contributed by atoms with E-state index in [1.165, 1.54) is 22.6 Å². The largest absolute Gasteiger partial charge is 0.379 e. The number of hydrogen-bond donors (Lipinski definition) is 2. The Morgan fingerprint density at radius 2 is 2.04 bits per heavy atom. The van der Waals surface area contributed by atoms with Crippen molar-refractivity contribution in [3.05, 3.63) is 18.3 Å². The number of carbonyl (C=O) groups excluding carboxylic acids is 1. The Morgan fingerprint density at radius 1 is 1.31 bits per heavy atom. The fourth-order valence-corrected chi connectivity index (χ4v) is 4.55. The molecule has 0 aromatic carbocycles. The molecule has 9 heteroatoms. The summed E-state index contributed by atoms with van der Waals surface area (Å²) in [7, 11) is -3.57. The summed E-state index contributed by atoms with van der Waals surface area (Å²) < 4.78 is 31.6. The maximum Gasteiger partial charge on any atom is 0.320 e. The van der Waals surface area contributed by atoms with E-state index in [4.69, 9.17) is 4.74 Å². The number of rotatable bonds is 7. The van der Waals surface area contributed by atoms with Crippen molar-refractivity contribution >= 4 is 21.9 Å². The second-order valence-electron chi connectivity index (χ2n) is 6.95. The van der Waals surface area contributed by atoms with Gasteiger partial charge in [-0.05, 0) is 36.8 Å². The molecule has 1 saturated heterocycles. The highest BCUT2D eigenvalue weighted by molar-refractivity contribution is 7.89. The number of aromatic nitrogens is 1. The van der Waals surface area contributed by atoms with Crippen LogP contribution in [0, 0.1) is 5.41 Å². The molecule has 2 heterocycles. The van der Waals surface area contributed by atoms with Crippen LogP contribution in [0.1, 0.15) is 32.6 Å². The molecule has 1 aromatic rings. The number of carbonyl (C=O) groups is 1. The van der Waals surface area contributed by atoms with Crippen LogP contribution >= 0.6 is 0 Å². The highest BCUT2D eigenvalue weighted by Crippen LogP contribution is 2.48. The van der Waals surface area contributed by atoms with Gasteiger partial charge < -0.3 is 10.1 Å². The van der Waals surface area contributed by atoms with E-state index in [1.54, 1.807) is 0 Å². The molecular weight excluding hydrogens is 356 g/mol. The van der Waals surface area contributed by atoms with E-state index in [0.717, 1.165) is 25.7 Å². The molecular formula is C17H26N4O4S. The first kappa shape index (κ1) is 19.1. The van der Waals surface area contributed by atoms with Gasteiger partial charge in [0, 0.05) is 25.8 Å². The lowest BCUT2D eigenvalue weighted by Crippen LogP contribution is -2.40. The molecule has 26 heavy (non-hydrogen) atoms. The average molecular weight is 382 g/mol. The summed E-state index contributed by atoms with van der Waals surface area (Å²) in [6, 6.07) is 2.65. The van der Waals surface area contributed by atoms with E-state index in [9.17, 15) is 13.2 Å². The van der Waals surface area contributed by atoms with Crippen molar-refractivity contribution in [3.63, 3.8) is 0 Å². The molecule has 1 aliphatic carbocycles. The molecule has 0 radical (unpaired) electrons. The molecule has 0 atom stereocenters. The zero-order chi connectivity index (χ0) is 18.6. The van der Waals surface area contributed by atoms with Gasteiger partial charge in [-0.15, -0.1) is 0 Å². The molecule has 8 nitrogen and oxygen atoms in total. The maximum absolute atomic E-state index is 12.5. The first-order chi connectivity index (χ1) is 12.5.